The third-order valence-electron chi connectivity index (χ3n) is 6.74. The minimum atomic E-state index is -3.82. The average molecular weight is 541 g/mol. The molecule has 1 amide bonds. The van der Waals surface area contributed by atoms with Gasteiger partial charge in [0.2, 0.25) is 15.9 Å². The summed E-state index contributed by atoms with van der Waals surface area (Å²) in [6.07, 6.45) is 4.30. The summed E-state index contributed by atoms with van der Waals surface area (Å²) in [5, 5.41) is 9.87. The largest absolute Gasteiger partial charge is 0.497 e. The maximum atomic E-state index is 13.6. The molecular formula is C27H32N4O6S. The highest BCUT2D eigenvalue weighted by Gasteiger charge is 2.36. The van der Waals surface area contributed by atoms with Gasteiger partial charge in [0.25, 0.3) is 5.91 Å². The molecule has 11 heteroatoms. The van der Waals surface area contributed by atoms with E-state index in [0.29, 0.717) is 11.3 Å². The number of aliphatic hydroxyl groups is 1. The summed E-state index contributed by atoms with van der Waals surface area (Å²) < 4.78 is 39.2. The van der Waals surface area contributed by atoms with Crippen molar-refractivity contribution in [3.63, 3.8) is 0 Å². The molecule has 3 atom stereocenters. The molecule has 10 nitrogen and oxygen atoms in total. The van der Waals surface area contributed by atoms with Gasteiger partial charge in [-0.3, -0.25) is 9.78 Å². The predicted octanol–water partition coefficient (Wildman–Crippen LogP) is 2.69. The summed E-state index contributed by atoms with van der Waals surface area (Å²) in [6.45, 7) is 3.72. The van der Waals surface area contributed by atoms with E-state index in [1.54, 1.807) is 48.6 Å². The van der Waals surface area contributed by atoms with Crippen molar-refractivity contribution < 1.29 is 27.8 Å². The van der Waals surface area contributed by atoms with Crippen LogP contribution in [-0.2, 0) is 10.0 Å². The summed E-state index contributed by atoms with van der Waals surface area (Å²) in [5.74, 6) is 0.0978. The van der Waals surface area contributed by atoms with Gasteiger partial charge in [-0.2, -0.15) is 4.31 Å². The van der Waals surface area contributed by atoms with Crippen LogP contribution in [-0.4, -0.2) is 84.6 Å². The molecule has 38 heavy (non-hydrogen) atoms. The Kier molecular flexibility index (Phi) is 8.29. The fraction of sp³-hybridized carbons (Fsp3) is 0.370. The summed E-state index contributed by atoms with van der Waals surface area (Å²) in [5.41, 5.74) is 1.79. The summed E-state index contributed by atoms with van der Waals surface area (Å²) in [6, 6.07) is 11.1. The van der Waals surface area contributed by atoms with E-state index in [0.717, 1.165) is 5.56 Å². The SMILES string of the molecule is COc1ccc(S(=O)(=O)N(C)C[C@@H]2Oc3ncc(-c4ccncc4)cc3C(=O)N([C@@H](C)CO)C[C@@H]2C)cc1. The number of ether oxygens (including phenoxy) is 2. The first kappa shape index (κ1) is 27.5. The first-order valence-corrected chi connectivity index (χ1v) is 13.7. The summed E-state index contributed by atoms with van der Waals surface area (Å²) in [7, 11) is -0.813. The Morgan fingerprint density at radius 2 is 1.87 bits per heavy atom. The molecule has 1 aromatic carbocycles. The third-order valence-corrected chi connectivity index (χ3v) is 8.58. The Morgan fingerprint density at radius 3 is 2.50 bits per heavy atom. The van der Waals surface area contributed by atoms with Crippen LogP contribution in [0.25, 0.3) is 11.1 Å². The fourth-order valence-corrected chi connectivity index (χ4v) is 5.48. The molecule has 0 saturated carbocycles. The molecular weight excluding hydrogens is 508 g/mol. The van der Waals surface area contributed by atoms with Gasteiger partial charge in [-0.25, -0.2) is 13.4 Å². The van der Waals surface area contributed by atoms with E-state index in [-0.39, 0.29) is 47.9 Å². The minimum absolute atomic E-state index is 0.0261. The Morgan fingerprint density at radius 1 is 1.18 bits per heavy atom. The molecule has 4 rings (SSSR count). The normalized spacial score (nSPS) is 18.8. The molecule has 3 aromatic rings. The second kappa shape index (κ2) is 11.5. The standard InChI is InChI=1S/C27H32N4O6S/c1-18-15-31(19(2)17-32)27(33)24-13-21(20-9-11-28-12-10-20)14-29-26(24)37-25(18)16-30(3)38(34,35)23-7-5-22(36-4)6-8-23/h5-14,18-19,25,32H,15-17H2,1-4H3/t18-,19-,25-/m0/s1. The Bertz CT molecular complexity index is 1370. The third kappa shape index (κ3) is 5.64. The lowest BCUT2D eigenvalue weighted by Gasteiger charge is -2.37. The summed E-state index contributed by atoms with van der Waals surface area (Å²) in [4.78, 5) is 23.8. The number of carbonyl (C=O) groups excluding carboxylic acids is 1. The number of nitrogens with zero attached hydrogens (tertiary/aromatic N) is 4. The van der Waals surface area contributed by atoms with Crippen molar-refractivity contribution in [2.75, 3.05) is 33.9 Å². The second-order valence-electron chi connectivity index (χ2n) is 9.40. The predicted molar refractivity (Wildman–Crippen MR) is 141 cm³/mol. The van der Waals surface area contributed by atoms with Gasteiger partial charge in [-0.15, -0.1) is 0 Å². The lowest BCUT2D eigenvalue weighted by Crippen LogP contribution is -2.50. The van der Waals surface area contributed by atoms with Gasteiger partial charge in [0.1, 0.15) is 17.4 Å². The van der Waals surface area contributed by atoms with Gasteiger partial charge in [-0.1, -0.05) is 6.92 Å². The van der Waals surface area contributed by atoms with E-state index in [9.17, 15) is 18.3 Å². The number of methoxy groups -OCH3 is 1. The number of pyridine rings is 2. The van der Waals surface area contributed by atoms with E-state index in [2.05, 4.69) is 9.97 Å². The first-order valence-electron chi connectivity index (χ1n) is 12.2. The number of aliphatic hydroxyl groups excluding tert-OH is 1. The second-order valence-corrected chi connectivity index (χ2v) is 11.4. The monoisotopic (exact) mass is 540 g/mol. The lowest BCUT2D eigenvalue weighted by atomic mass is 9.99. The topological polar surface area (TPSA) is 122 Å². The van der Waals surface area contributed by atoms with Crippen LogP contribution in [0, 0.1) is 5.92 Å². The van der Waals surface area contributed by atoms with Crippen molar-refractivity contribution >= 4 is 15.9 Å². The van der Waals surface area contributed by atoms with Crippen LogP contribution in [0.5, 0.6) is 11.6 Å². The number of aromatic nitrogens is 2. The smallest absolute Gasteiger partial charge is 0.259 e. The zero-order valence-corrected chi connectivity index (χ0v) is 22.6. The van der Waals surface area contributed by atoms with Crippen LogP contribution >= 0.6 is 0 Å². The molecule has 1 aliphatic rings. The van der Waals surface area contributed by atoms with Crippen molar-refractivity contribution in [1.82, 2.24) is 19.2 Å². The Labute approximate surface area is 222 Å². The van der Waals surface area contributed by atoms with E-state index in [1.807, 2.05) is 19.1 Å². The van der Waals surface area contributed by atoms with Crippen LogP contribution in [0.2, 0.25) is 0 Å². The number of sulfonamides is 1. The van der Waals surface area contributed by atoms with Crippen molar-refractivity contribution in [3.05, 3.63) is 66.6 Å². The van der Waals surface area contributed by atoms with E-state index < -0.39 is 22.2 Å². The molecule has 1 N–H and O–H groups in total. The molecule has 0 spiro atoms. The molecule has 2 aromatic heterocycles. The van der Waals surface area contributed by atoms with Gasteiger partial charge < -0.3 is 19.5 Å². The van der Waals surface area contributed by atoms with Gasteiger partial charge in [-0.05, 0) is 55.0 Å². The maximum Gasteiger partial charge on any atom is 0.259 e. The lowest BCUT2D eigenvalue weighted by molar-refractivity contribution is 0.0373. The Balaban J connectivity index is 1.68. The van der Waals surface area contributed by atoms with Gasteiger partial charge in [0, 0.05) is 43.7 Å². The minimum Gasteiger partial charge on any atom is -0.497 e. The van der Waals surface area contributed by atoms with E-state index in [1.165, 1.54) is 30.6 Å². The highest BCUT2D eigenvalue weighted by Crippen LogP contribution is 2.31. The van der Waals surface area contributed by atoms with Crippen molar-refractivity contribution in [3.8, 4) is 22.8 Å². The molecule has 0 unspecified atom stereocenters. The van der Waals surface area contributed by atoms with Crippen LogP contribution in [0.3, 0.4) is 0 Å². The van der Waals surface area contributed by atoms with Crippen LogP contribution in [0.15, 0.2) is 66.0 Å². The van der Waals surface area contributed by atoms with Crippen molar-refractivity contribution in [2.45, 2.75) is 30.9 Å². The quantitative estimate of drug-likeness (QED) is 0.463. The van der Waals surface area contributed by atoms with E-state index >= 15 is 0 Å². The molecule has 202 valence electrons. The maximum absolute atomic E-state index is 13.6. The number of hydrogen-bond acceptors (Lipinski definition) is 8. The number of amides is 1. The first-order chi connectivity index (χ1) is 18.1. The number of carbonyl (C=O) groups is 1. The molecule has 3 heterocycles. The number of likely N-dealkylation sites (N-methyl/N-ethyl adjacent to an activating group) is 1. The molecule has 0 bridgehead atoms. The van der Waals surface area contributed by atoms with Crippen molar-refractivity contribution in [1.29, 1.82) is 0 Å². The van der Waals surface area contributed by atoms with Gasteiger partial charge >= 0.3 is 0 Å². The van der Waals surface area contributed by atoms with Crippen LogP contribution < -0.4 is 9.47 Å². The highest BCUT2D eigenvalue weighted by atomic mass is 32.2. The summed E-state index contributed by atoms with van der Waals surface area (Å²) >= 11 is 0. The molecule has 0 saturated heterocycles. The zero-order chi connectivity index (χ0) is 27.4. The molecule has 1 aliphatic heterocycles. The number of benzene rings is 1. The number of rotatable bonds is 8. The average Bonchev–Trinajstić information content (AvgIpc) is 2.94. The fourth-order valence-electron chi connectivity index (χ4n) is 4.30. The molecule has 0 fully saturated rings. The van der Waals surface area contributed by atoms with E-state index in [4.69, 9.17) is 9.47 Å². The van der Waals surface area contributed by atoms with Gasteiger partial charge in [0.15, 0.2) is 0 Å². The molecule has 0 radical (unpaired) electrons. The zero-order valence-electron chi connectivity index (χ0n) is 21.8. The van der Waals surface area contributed by atoms with Gasteiger partial charge in [0.05, 0.1) is 31.2 Å². The molecule has 0 aliphatic carbocycles. The van der Waals surface area contributed by atoms with Crippen molar-refractivity contribution in [2.24, 2.45) is 5.92 Å². The Hall–Kier alpha value is -3.54. The van der Waals surface area contributed by atoms with Crippen LogP contribution in [0.1, 0.15) is 24.2 Å². The van der Waals surface area contributed by atoms with Crippen LogP contribution in [0.4, 0.5) is 0 Å². The highest BCUT2D eigenvalue weighted by molar-refractivity contribution is 7.89. The number of hydrogen-bond donors (Lipinski definition) is 1. The number of fused-ring (bicyclic) bond motifs is 1.